The molecule has 1 aromatic heterocycles. The number of nitrogens with one attached hydrogen (secondary N) is 3. The molecule has 1 atom stereocenters. The summed E-state index contributed by atoms with van der Waals surface area (Å²) in [6, 6.07) is 6.18. The quantitative estimate of drug-likeness (QED) is 0.780. The molecular formula is C16H22N4O. The lowest BCUT2D eigenvalue weighted by Gasteiger charge is -2.08. The van der Waals surface area contributed by atoms with Crippen LogP contribution in [0.5, 0.6) is 0 Å². The zero-order valence-electron chi connectivity index (χ0n) is 12.4. The summed E-state index contributed by atoms with van der Waals surface area (Å²) in [7, 11) is 0. The van der Waals surface area contributed by atoms with E-state index in [1.165, 1.54) is 5.56 Å². The van der Waals surface area contributed by atoms with Crippen molar-refractivity contribution in [3.63, 3.8) is 0 Å². The van der Waals surface area contributed by atoms with Gasteiger partial charge in [-0.1, -0.05) is 6.07 Å². The number of rotatable bonds is 5. The Labute approximate surface area is 124 Å². The van der Waals surface area contributed by atoms with Crippen LogP contribution in [0, 0.1) is 12.8 Å². The van der Waals surface area contributed by atoms with Gasteiger partial charge in [0.05, 0.1) is 11.0 Å². The Morgan fingerprint density at radius 2 is 2.38 bits per heavy atom. The molecule has 1 aliphatic rings. The Bertz CT molecular complexity index is 628. The van der Waals surface area contributed by atoms with Crippen LogP contribution in [0.25, 0.3) is 11.0 Å². The van der Waals surface area contributed by atoms with Crippen molar-refractivity contribution in [3.05, 3.63) is 29.6 Å². The van der Waals surface area contributed by atoms with Crippen LogP contribution < -0.4 is 10.6 Å². The molecule has 5 nitrogen and oxygen atoms in total. The number of aryl methyl sites for hydroxylation is 1. The number of carbonyl (C=O) groups excluding carboxylic acids is 1. The lowest BCUT2D eigenvalue weighted by atomic mass is 10.0. The van der Waals surface area contributed by atoms with Gasteiger partial charge in [-0.3, -0.25) is 4.79 Å². The van der Waals surface area contributed by atoms with Crippen LogP contribution in [-0.4, -0.2) is 35.5 Å². The molecule has 1 aromatic carbocycles. The van der Waals surface area contributed by atoms with Crippen molar-refractivity contribution in [1.82, 2.24) is 20.6 Å². The highest BCUT2D eigenvalue weighted by Gasteiger charge is 2.17. The van der Waals surface area contributed by atoms with Crippen LogP contribution in [0.15, 0.2) is 18.2 Å². The molecule has 21 heavy (non-hydrogen) atoms. The summed E-state index contributed by atoms with van der Waals surface area (Å²) in [6.45, 7) is 4.71. The lowest BCUT2D eigenvalue weighted by Crippen LogP contribution is -2.28. The van der Waals surface area contributed by atoms with E-state index < -0.39 is 0 Å². The molecule has 2 aromatic rings. The number of hydrogen-bond donors (Lipinski definition) is 3. The fourth-order valence-corrected chi connectivity index (χ4v) is 2.84. The summed E-state index contributed by atoms with van der Waals surface area (Å²) in [5, 5.41) is 6.27. The van der Waals surface area contributed by atoms with E-state index in [2.05, 4.69) is 39.7 Å². The zero-order chi connectivity index (χ0) is 14.7. The molecular weight excluding hydrogens is 264 g/mol. The van der Waals surface area contributed by atoms with Gasteiger partial charge in [-0.05, 0) is 50.0 Å². The molecule has 3 N–H and O–H groups in total. The average molecular weight is 286 g/mol. The Hall–Kier alpha value is -1.88. The molecule has 1 amide bonds. The molecule has 1 aliphatic heterocycles. The first-order chi connectivity index (χ1) is 10.2. The predicted octanol–water partition coefficient (Wildman–Crippen LogP) is 1.53. The Balaban J connectivity index is 1.48. The molecule has 0 saturated carbocycles. The third kappa shape index (κ3) is 3.61. The van der Waals surface area contributed by atoms with Crippen molar-refractivity contribution in [2.24, 2.45) is 5.92 Å². The number of benzene rings is 1. The molecule has 0 radical (unpaired) electrons. The number of aromatic amines is 1. The van der Waals surface area contributed by atoms with Crippen molar-refractivity contribution < 1.29 is 4.79 Å². The highest BCUT2D eigenvalue weighted by atomic mass is 16.1. The summed E-state index contributed by atoms with van der Waals surface area (Å²) in [6.07, 6.45) is 2.48. The Morgan fingerprint density at radius 1 is 1.48 bits per heavy atom. The van der Waals surface area contributed by atoms with E-state index in [-0.39, 0.29) is 5.91 Å². The minimum absolute atomic E-state index is 0.149. The van der Waals surface area contributed by atoms with E-state index in [0.29, 0.717) is 18.9 Å². The van der Waals surface area contributed by atoms with Crippen LogP contribution in [-0.2, 0) is 11.2 Å². The molecule has 0 spiro atoms. The van der Waals surface area contributed by atoms with E-state index in [0.717, 1.165) is 42.8 Å². The van der Waals surface area contributed by atoms with Crippen LogP contribution in [0.4, 0.5) is 0 Å². The van der Waals surface area contributed by atoms with Gasteiger partial charge in [0.25, 0.3) is 0 Å². The summed E-state index contributed by atoms with van der Waals surface area (Å²) < 4.78 is 0. The number of fused-ring (bicyclic) bond motifs is 1. The van der Waals surface area contributed by atoms with Crippen molar-refractivity contribution >= 4 is 16.9 Å². The van der Waals surface area contributed by atoms with E-state index in [1.807, 2.05) is 6.07 Å². The van der Waals surface area contributed by atoms with Gasteiger partial charge in [-0.25, -0.2) is 4.98 Å². The Morgan fingerprint density at radius 3 is 3.19 bits per heavy atom. The average Bonchev–Trinajstić information content (AvgIpc) is 3.07. The maximum Gasteiger partial charge on any atom is 0.220 e. The van der Waals surface area contributed by atoms with Crippen LogP contribution in [0.3, 0.4) is 0 Å². The molecule has 0 bridgehead atoms. The highest BCUT2D eigenvalue weighted by Crippen LogP contribution is 2.14. The van der Waals surface area contributed by atoms with Crippen LogP contribution in [0.1, 0.15) is 24.2 Å². The van der Waals surface area contributed by atoms with Crippen molar-refractivity contribution in [3.8, 4) is 0 Å². The minimum Gasteiger partial charge on any atom is -0.356 e. The molecule has 3 rings (SSSR count). The number of carbonyl (C=O) groups is 1. The monoisotopic (exact) mass is 286 g/mol. The summed E-state index contributed by atoms with van der Waals surface area (Å²) in [5.41, 5.74) is 3.27. The summed E-state index contributed by atoms with van der Waals surface area (Å²) in [4.78, 5) is 19.7. The lowest BCUT2D eigenvalue weighted by molar-refractivity contribution is -0.121. The van der Waals surface area contributed by atoms with Gasteiger partial charge < -0.3 is 15.6 Å². The second-order valence-corrected chi connectivity index (χ2v) is 5.87. The number of amides is 1. The normalized spacial score (nSPS) is 18.2. The summed E-state index contributed by atoms with van der Waals surface area (Å²) in [5.74, 6) is 1.58. The maximum atomic E-state index is 11.8. The first kappa shape index (κ1) is 14.1. The fourth-order valence-electron chi connectivity index (χ4n) is 2.84. The Kier molecular flexibility index (Phi) is 4.20. The highest BCUT2D eigenvalue weighted by molar-refractivity contribution is 5.76. The van der Waals surface area contributed by atoms with Crippen molar-refractivity contribution in [2.75, 3.05) is 19.6 Å². The van der Waals surface area contributed by atoms with E-state index in [9.17, 15) is 4.79 Å². The van der Waals surface area contributed by atoms with Crippen molar-refractivity contribution in [1.29, 1.82) is 0 Å². The van der Waals surface area contributed by atoms with Crippen LogP contribution in [0.2, 0.25) is 0 Å². The number of H-pyrrole nitrogens is 1. The largest absolute Gasteiger partial charge is 0.356 e. The third-order valence-corrected chi connectivity index (χ3v) is 4.01. The van der Waals surface area contributed by atoms with Gasteiger partial charge >= 0.3 is 0 Å². The molecule has 1 unspecified atom stereocenters. The van der Waals surface area contributed by atoms with Gasteiger partial charge in [-0.15, -0.1) is 0 Å². The number of imidazole rings is 1. The molecule has 1 saturated heterocycles. The second kappa shape index (κ2) is 6.26. The van der Waals surface area contributed by atoms with Crippen LogP contribution >= 0.6 is 0 Å². The first-order valence-electron chi connectivity index (χ1n) is 7.63. The molecule has 2 heterocycles. The topological polar surface area (TPSA) is 69.8 Å². The van der Waals surface area contributed by atoms with Gasteiger partial charge in [0, 0.05) is 19.4 Å². The van der Waals surface area contributed by atoms with Gasteiger partial charge in [0.1, 0.15) is 5.82 Å². The number of nitrogens with zero attached hydrogens (tertiary/aromatic N) is 1. The third-order valence-electron chi connectivity index (χ3n) is 4.01. The van der Waals surface area contributed by atoms with Gasteiger partial charge in [0.15, 0.2) is 0 Å². The standard InChI is InChI=1S/C16H22N4O/c1-11-2-3-13-14(8-11)20-15(19-13)5-7-18-16(21)9-12-4-6-17-10-12/h2-3,8,12,17H,4-7,9-10H2,1H3,(H,18,21)(H,19,20). The smallest absolute Gasteiger partial charge is 0.220 e. The van der Waals surface area contributed by atoms with Gasteiger partial charge in [-0.2, -0.15) is 0 Å². The van der Waals surface area contributed by atoms with E-state index >= 15 is 0 Å². The van der Waals surface area contributed by atoms with Gasteiger partial charge in [0.2, 0.25) is 5.91 Å². The molecule has 112 valence electrons. The summed E-state index contributed by atoms with van der Waals surface area (Å²) >= 11 is 0. The molecule has 0 aliphatic carbocycles. The van der Waals surface area contributed by atoms with Crippen molar-refractivity contribution in [2.45, 2.75) is 26.2 Å². The predicted molar refractivity (Wildman–Crippen MR) is 83.1 cm³/mol. The second-order valence-electron chi connectivity index (χ2n) is 5.87. The zero-order valence-corrected chi connectivity index (χ0v) is 12.4. The minimum atomic E-state index is 0.149. The molecule has 5 heteroatoms. The number of aromatic nitrogens is 2. The van der Waals surface area contributed by atoms with E-state index in [4.69, 9.17) is 0 Å². The fraction of sp³-hybridized carbons (Fsp3) is 0.500. The number of hydrogen-bond acceptors (Lipinski definition) is 3. The maximum absolute atomic E-state index is 11.8. The van der Waals surface area contributed by atoms with E-state index in [1.54, 1.807) is 0 Å². The molecule has 1 fully saturated rings. The SMILES string of the molecule is Cc1ccc2nc(CCNC(=O)CC3CCNC3)[nH]c2c1. The first-order valence-corrected chi connectivity index (χ1v) is 7.63.